The highest BCUT2D eigenvalue weighted by Crippen LogP contribution is 2.33. The predicted octanol–water partition coefficient (Wildman–Crippen LogP) is 6.31. The van der Waals surface area contributed by atoms with Gasteiger partial charge in [0.2, 0.25) is 0 Å². The molecule has 0 N–H and O–H groups in total. The van der Waals surface area contributed by atoms with Crippen LogP contribution in [-0.2, 0) is 6.54 Å². The van der Waals surface area contributed by atoms with Crippen molar-refractivity contribution in [2.75, 3.05) is 4.90 Å². The van der Waals surface area contributed by atoms with Gasteiger partial charge in [0, 0.05) is 11.8 Å². The minimum atomic E-state index is -0.0741. The highest BCUT2D eigenvalue weighted by molar-refractivity contribution is 7.22. The summed E-state index contributed by atoms with van der Waals surface area (Å²) in [5, 5.41) is 2.67. The first-order chi connectivity index (χ1) is 15.1. The Labute approximate surface area is 184 Å². The summed E-state index contributed by atoms with van der Waals surface area (Å²) < 4.78 is 1.08. The first-order valence-corrected chi connectivity index (χ1v) is 11.0. The van der Waals surface area contributed by atoms with Crippen molar-refractivity contribution in [2.24, 2.45) is 0 Å². The lowest BCUT2D eigenvalue weighted by Gasteiger charge is -2.20. The number of benzene rings is 3. The fraction of sp³-hybridized carbons (Fsp3) is 0.115. The van der Waals surface area contributed by atoms with Crippen molar-refractivity contribution < 1.29 is 4.79 Å². The topological polar surface area (TPSA) is 46.1 Å². The van der Waals surface area contributed by atoms with Crippen molar-refractivity contribution in [1.29, 1.82) is 0 Å². The number of nitrogens with zero attached hydrogens (tertiary/aromatic N) is 3. The molecule has 0 saturated carbocycles. The maximum absolute atomic E-state index is 13.8. The van der Waals surface area contributed by atoms with E-state index in [1.54, 1.807) is 22.4 Å². The maximum Gasteiger partial charge on any atom is 0.261 e. The summed E-state index contributed by atoms with van der Waals surface area (Å²) in [6, 6.07) is 23.8. The van der Waals surface area contributed by atoms with Crippen LogP contribution in [0.3, 0.4) is 0 Å². The molecule has 5 rings (SSSR count). The predicted molar refractivity (Wildman–Crippen MR) is 128 cm³/mol. The Morgan fingerprint density at radius 3 is 2.55 bits per heavy atom. The largest absolute Gasteiger partial charge is 0.278 e. The normalized spacial score (nSPS) is 11.2. The summed E-state index contributed by atoms with van der Waals surface area (Å²) in [4.78, 5) is 24.9. The summed E-state index contributed by atoms with van der Waals surface area (Å²) in [5.74, 6) is -0.0741. The summed E-state index contributed by atoms with van der Waals surface area (Å²) in [6.07, 6.45) is 1.75. The molecule has 5 heteroatoms. The van der Waals surface area contributed by atoms with Crippen molar-refractivity contribution in [3.63, 3.8) is 0 Å². The molecular weight excluding hydrogens is 402 g/mol. The molecular formula is C26H21N3OS. The zero-order valence-electron chi connectivity index (χ0n) is 17.4. The number of anilines is 1. The van der Waals surface area contributed by atoms with Crippen LogP contribution in [0.15, 0.2) is 79.0 Å². The molecule has 0 fully saturated rings. The van der Waals surface area contributed by atoms with E-state index in [1.807, 2.05) is 60.7 Å². The molecule has 0 aliphatic heterocycles. The molecule has 0 aliphatic rings. The monoisotopic (exact) mass is 423 g/mol. The summed E-state index contributed by atoms with van der Waals surface area (Å²) in [6.45, 7) is 4.54. The van der Waals surface area contributed by atoms with E-state index >= 15 is 0 Å². The zero-order valence-corrected chi connectivity index (χ0v) is 18.2. The van der Waals surface area contributed by atoms with Gasteiger partial charge in [0.25, 0.3) is 5.91 Å². The smallest absolute Gasteiger partial charge is 0.261 e. The summed E-state index contributed by atoms with van der Waals surface area (Å²) >= 11 is 1.54. The molecule has 1 amide bonds. The molecule has 4 nitrogen and oxygen atoms in total. The number of aryl methyl sites for hydroxylation is 2. The highest BCUT2D eigenvalue weighted by Gasteiger charge is 2.23. The summed E-state index contributed by atoms with van der Waals surface area (Å²) in [7, 11) is 0. The fourth-order valence-electron chi connectivity index (χ4n) is 3.72. The van der Waals surface area contributed by atoms with Gasteiger partial charge < -0.3 is 0 Å². The minimum Gasteiger partial charge on any atom is -0.278 e. The van der Waals surface area contributed by atoms with Crippen molar-refractivity contribution in [3.8, 4) is 0 Å². The molecule has 2 heterocycles. The molecule has 0 spiro atoms. The second kappa shape index (κ2) is 7.93. The van der Waals surface area contributed by atoms with Crippen molar-refractivity contribution in [1.82, 2.24) is 9.97 Å². The van der Waals surface area contributed by atoms with Gasteiger partial charge in [0.15, 0.2) is 5.13 Å². The molecule has 0 unspecified atom stereocenters. The van der Waals surface area contributed by atoms with E-state index < -0.39 is 0 Å². The van der Waals surface area contributed by atoms with Crippen LogP contribution in [0.1, 0.15) is 27.2 Å². The van der Waals surface area contributed by atoms with Crippen LogP contribution in [0, 0.1) is 13.8 Å². The molecule has 0 atom stereocenters. The number of pyridine rings is 1. The highest BCUT2D eigenvalue weighted by atomic mass is 32.1. The molecule has 0 bridgehead atoms. The molecule has 5 aromatic rings. The maximum atomic E-state index is 13.8. The van der Waals surface area contributed by atoms with Gasteiger partial charge in [0.05, 0.1) is 22.5 Å². The molecule has 0 radical (unpaired) electrons. The molecule has 152 valence electrons. The second-order valence-corrected chi connectivity index (χ2v) is 8.65. The van der Waals surface area contributed by atoms with Crippen LogP contribution in [0.4, 0.5) is 5.13 Å². The van der Waals surface area contributed by atoms with Crippen LogP contribution in [0.5, 0.6) is 0 Å². The Kier molecular flexibility index (Phi) is 4.96. The number of rotatable bonds is 4. The first-order valence-electron chi connectivity index (χ1n) is 10.2. The van der Waals surface area contributed by atoms with Gasteiger partial charge in [-0.2, -0.15) is 0 Å². The third-order valence-electron chi connectivity index (χ3n) is 5.53. The van der Waals surface area contributed by atoms with Gasteiger partial charge in [-0.15, -0.1) is 0 Å². The molecule has 0 aliphatic carbocycles. The van der Waals surface area contributed by atoms with Crippen molar-refractivity contribution in [2.45, 2.75) is 20.4 Å². The third kappa shape index (κ3) is 3.68. The van der Waals surface area contributed by atoms with Crippen LogP contribution in [0.2, 0.25) is 0 Å². The molecule has 2 aromatic heterocycles. The first kappa shape index (κ1) is 19.4. The van der Waals surface area contributed by atoms with Crippen LogP contribution >= 0.6 is 11.3 Å². The number of thiazole rings is 1. The van der Waals surface area contributed by atoms with Crippen LogP contribution in [0.25, 0.3) is 21.0 Å². The van der Waals surface area contributed by atoms with Crippen LogP contribution in [-0.4, -0.2) is 15.9 Å². The van der Waals surface area contributed by atoms with E-state index in [9.17, 15) is 4.79 Å². The van der Waals surface area contributed by atoms with Gasteiger partial charge in [-0.05, 0) is 66.1 Å². The molecule has 0 saturated heterocycles. The Morgan fingerprint density at radius 1 is 0.935 bits per heavy atom. The lowest BCUT2D eigenvalue weighted by atomic mass is 10.0. The minimum absolute atomic E-state index is 0.0741. The number of amides is 1. The van der Waals surface area contributed by atoms with Crippen molar-refractivity contribution in [3.05, 3.63) is 101 Å². The van der Waals surface area contributed by atoms with E-state index in [0.717, 1.165) is 26.7 Å². The fourth-order valence-corrected chi connectivity index (χ4v) is 4.76. The van der Waals surface area contributed by atoms with E-state index in [2.05, 4.69) is 31.0 Å². The zero-order chi connectivity index (χ0) is 21.4. The Morgan fingerprint density at radius 2 is 1.71 bits per heavy atom. The quantitative estimate of drug-likeness (QED) is 0.340. The Balaban J connectivity index is 1.64. The number of hydrogen-bond acceptors (Lipinski definition) is 4. The van der Waals surface area contributed by atoms with Gasteiger partial charge in [-0.25, -0.2) is 4.98 Å². The summed E-state index contributed by atoms with van der Waals surface area (Å²) in [5.41, 5.74) is 4.82. The lowest BCUT2D eigenvalue weighted by molar-refractivity contribution is 0.0986. The second-order valence-electron chi connectivity index (χ2n) is 7.64. The Bertz CT molecular complexity index is 1360. The molecule has 3 aromatic carbocycles. The van der Waals surface area contributed by atoms with E-state index in [0.29, 0.717) is 17.2 Å². The number of fused-ring (bicyclic) bond motifs is 2. The van der Waals surface area contributed by atoms with Crippen molar-refractivity contribution >= 4 is 43.4 Å². The average Bonchev–Trinajstić information content (AvgIpc) is 3.20. The van der Waals surface area contributed by atoms with Gasteiger partial charge in [-0.1, -0.05) is 53.8 Å². The number of hydrogen-bond donors (Lipinski definition) is 0. The molecule has 31 heavy (non-hydrogen) atoms. The van der Waals surface area contributed by atoms with Gasteiger partial charge in [-0.3, -0.25) is 14.7 Å². The lowest BCUT2D eigenvalue weighted by Crippen LogP contribution is -2.30. The van der Waals surface area contributed by atoms with Gasteiger partial charge in [0.1, 0.15) is 0 Å². The standard InChI is InChI=1S/C26H21N3OS/c1-17-14-23-24(15-18(17)2)31-26(28-23)29(16-20-10-5-6-13-27-20)25(30)22-12-7-9-19-8-3-4-11-21(19)22/h3-15H,16H2,1-2H3. The van der Waals surface area contributed by atoms with Crippen LogP contribution < -0.4 is 4.90 Å². The number of aromatic nitrogens is 2. The van der Waals surface area contributed by atoms with E-state index in [-0.39, 0.29) is 5.91 Å². The van der Waals surface area contributed by atoms with E-state index in [4.69, 9.17) is 4.98 Å². The SMILES string of the molecule is Cc1cc2nc(N(Cc3ccccn3)C(=O)c3cccc4ccccc34)sc2cc1C. The third-order valence-corrected chi connectivity index (χ3v) is 6.58. The average molecular weight is 424 g/mol. The van der Waals surface area contributed by atoms with E-state index in [1.165, 1.54) is 11.1 Å². The van der Waals surface area contributed by atoms with Gasteiger partial charge >= 0.3 is 0 Å². The number of carbonyl (C=O) groups is 1. The number of carbonyl (C=O) groups excluding carboxylic acids is 1. The Hall–Kier alpha value is -3.57.